The van der Waals surface area contributed by atoms with Gasteiger partial charge < -0.3 is 0 Å². The molecule has 0 fully saturated rings. The third-order valence-corrected chi connectivity index (χ3v) is 4.65. The number of rotatable bonds is 16. The molecule has 19 heavy (non-hydrogen) atoms. The van der Waals surface area contributed by atoms with E-state index < -0.39 is 0 Å². The van der Waals surface area contributed by atoms with E-state index in [0.717, 1.165) is 5.75 Å². The minimum absolute atomic E-state index is 1.04. The van der Waals surface area contributed by atoms with Gasteiger partial charge in [0, 0.05) is 0 Å². The molecule has 0 saturated heterocycles. The molecule has 0 aromatic heterocycles. The smallest absolute Gasteiger partial charge is 0.00672 e. The van der Waals surface area contributed by atoms with Crippen molar-refractivity contribution in [1.29, 1.82) is 0 Å². The van der Waals surface area contributed by atoms with E-state index in [9.17, 15) is 0 Å². The van der Waals surface area contributed by atoms with Gasteiger partial charge in [0.05, 0.1) is 0 Å². The van der Waals surface area contributed by atoms with Crippen LogP contribution < -0.4 is 0 Å². The molecule has 0 rings (SSSR count). The highest BCUT2D eigenvalue weighted by Gasteiger charge is 1.94. The predicted octanol–water partition coefficient (Wildman–Crippen LogP) is 7.03. The van der Waals surface area contributed by atoms with Crippen LogP contribution in [0.1, 0.15) is 96.8 Å². The molecule has 0 aliphatic carbocycles. The van der Waals surface area contributed by atoms with Crippen LogP contribution in [0.15, 0.2) is 0 Å². The summed E-state index contributed by atoms with van der Waals surface area (Å²) in [5.41, 5.74) is 0. The van der Waals surface area contributed by atoms with Crippen LogP contribution in [-0.4, -0.2) is 11.5 Å². The lowest BCUT2D eigenvalue weighted by Gasteiger charge is -2.03. The quantitative estimate of drug-likeness (QED) is 0.274. The molecule has 0 aromatic rings. The number of unbranched alkanes of at least 4 members (excludes halogenated alkanes) is 13. The molecule has 0 heterocycles. The van der Waals surface area contributed by atoms with Crippen LogP contribution in [0.2, 0.25) is 0 Å². The molecule has 1 heteroatoms. The fourth-order valence-electron chi connectivity index (χ4n) is 2.50. The first-order valence-electron chi connectivity index (χ1n) is 8.78. The highest BCUT2D eigenvalue weighted by atomic mass is 32.2. The second-order valence-corrected chi connectivity index (χ2v) is 6.93. The maximum atomic E-state index is 3.85. The van der Waals surface area contributed by atoms with E-state index in [1.165, 1.54) is 95.6 Å². The minimum atomic E-state index is 1.04. The third-order valence-electron chi connectivity index (χ3n) is 3.79. The number of hydrogen-bond donors (Lipinski definition) is 0. The monoisotopic (exact) mass is 285 g/mol. The molecular formula is C18H37S. The van der Waals surface area contributed by atoms with Gasteiger partial charge in [-0.05, 0) is 24.9 Å². The number of thioether (sulfide) groups is 1. The largest absolute Gasteiger partial charge is 0.162 e. The van der Waals surface area contributed by atoms with Crippen LogP contribution in [0.4, 0.5) is 0 Å². The molecule has 0 N–H and O–H groups in total. The molecule has 0 bridgehead atoms. The summed E-state index contributed by atoms with van der Waals surface area (Å²) in [5, 5.41) is 0. The van der Waals surface area contributed by atoms with Gasteiger partial charge in [-0.25, -0.2) is 0 Å². The Labute approximate surface area is 127 Å². The van der Waals surface area contributed by atoms with Crippen molar-refractivity contribution in [1.82, 2.24) is 0 Å². The van der Waals surface area contributed by atoms with Gasteiger partial charge in [-0.3, -0.25) is 0 Å². The molecule has 0 aromatic carbocycles. The van der Waals surface area contributed by atoms with E-state index in [1.807, 2.05) is 11.8 Å². The lowest BCUT2D eigenvalue weighted by Crippen LogP contribution is -1.84. The summed E-state index contributed by atoms with van der Waals surface area (Å²) in [6, 6.07) is 0. The number of hydrogen-bond acceptors (Lipinski definition) is 1. The Balaban J connectivity index is 2.88. The highest BCUT2D eigenvalue weighted by Crippen LogP contribution is 2.13. The van der Waals surface area contributed by atoms with Crippen LogP contribution in [0, 0.1) is 6.92 Å². The summed E-state index contributed by atoms with van der Waals surface area (Å²) < 4.78 is 0. The summed E-state index contributed by atoms with van der Waals surface area (Å²) in [6.45, 7) is 6.14. The second kappa shape index (κ2) is 18.4. The van der Waals surface area contributed by atoms with E-state index in [2.05, 4.69) is 13.8 Å². The van der Waals surface area contributed by atoms with Crippen LogP contribution >= 0.6 is 11.8 Å². The summed E-state index contributed by atoms with van der Waals surface area (Å²) in [7, 11) is 0. The Morgan fingerprint density at radius 2 is 0.947 bits per heavy atom. The molecule has 0 aliphatic heterocycles. The summed E-state index contributed by atoms with van der Waals surface area (Å²) in [4.78, 5) is 0. The molecule has 115 valence electrons. The van der Waals surface area contributed by atoms with Crippen LogP contribution in [-0.2, 0) is 0 Å². The molecule has 0 atom stereocenters. The van der Waals surface area contributed by atoms with Crippen molar-refractivity contribution in [3.05, 3.63) is 6.92 Å². The van der Waals surface area contributed by atoms with Gasteiger partial charge in [0.1, 0.15) is 0 Å². The molecule has 0 amide bonds. The van der Waals surface area contributed by atoms with Crippen molar-refractivity contribution in [3.63, 3.8) is 0 Å². The lowest BCUT2D eigenvalue weighted by atomic mass is 10.0. The van der Waals surface area contributed by atoms with Crippen LogP contribution in [0.5, 0.6) is 0 Å². The van der Waals surface area contributed by atoms with Gasteiger partial charge in [0.25, 0.3) is 0 Å². The zero-order valence-corrected chi connectivity index (χ0v) is 14.2. The van der Waals surface area contributed by atoms with E-state index in [4.69, 9.17) is 0 Å². The van der Waals surface area contributed by atoms with Crippen molar-refractivity contribution in [2.75, 3.05) is 11.5 Å². The fourth-order valence-corrected chi connectivity index (χ4v) is 3.11. The van der Waals surface area contributed by atoms with Crippen LogP contribution in [0.25, 0.3) is 0 Å². The topological polar surface area (TPSA) is 0 Å². The lowest BCUT2D eigenvalue weighted by molar-refractivity contribution is 0.538. The molecule has 0 unspecified atom stereocenters. The third kappa shape index (κ3) is 18.4. The van der Waals surface area contributed by atoms with Gasteiger partial charge in [-0.15, -0.1) is 0 Å². The Morgan fingerprint density at radius 3 is 1.32 bits per heavy atom. The van der Waals surface area contributed by atoms with Gasteiger partial charge in [-0.2, -0.15) is 11.8 Å². The van der Waals surface area contributed by atoms with Gasteiger partial charge in [0.2, 0.25) is 0 Å². The summed E-state index contributed by atoms with van der Waals surface area (Å²) in [6.07, 6.45) is 20.3. The maximum Gasteiger partial charge on any atom is -0.00672 e. The van der Waals surface area contributed by atoms with Crippen molar-refractivity contribution < 1.29 is 0 Å². The fraction of sp³-hybridized carbons (Fsp3) is 0.944. The van der Waals surface area contributed by atoms with Crippen molar-refractivity contribution >= 4 is 11.8 Å². The van der Waals surface area contributed by atoms with Crippen LogP contribution in [0.3, 0.4) is 0 Å². The summed E-state index contributed by atoms with van der Waals surface area (Å²) in [5.74, 6) is 2.36. The first-order valence-corrected chi connectivity index (χ1v) is 9.94. The Kier molecular flexibility index (Phi) is 18.7. The Morgan fingerprint density at radius 1 is 0.579 bits per heavy atom. The molecule has 0 spiro atoms. The van der Waals surface area contributed by atoms with Crippen molar-refractivity contribution in [3.8, 4) is 0 Å². The predicted molar refractivity (Wildman–Crippen MR) is 93.0 cm³/mol. The van der Waals surface area contributed by atoms with Gasteiger partial charge in [0.15, 0.2) is 0 Å². The molecule has 1 radical (unpaired) electrons. The van der Waals surface area contributed by atoms with E-state index in [0.29, 0.717) is 0 Å². The van der Waals surface area contributed by atoms with E-state index in [1.54, 1.807) is 0 Å². The Bertz CT molecular complexity index is 129. The van der Waals surface area contributed by atoms with Crippen molar-refractivity contribution in [2.45, 2.75) is 96.8 Å². The first kappa shape index (κ1) is 19.4. The molecule has 0 aliphatic rings. The Hall–Kier alpha value is 0.350. The highest BCUT2D eigenvalue weighted by molar-refractivity contribution is 7.99. The standard InChI is InChI=1S/C18H37S/c1-3-5-6-7-8-9-10-11-12-13-14-15-16-17-18-19-4-2/h2-18H2,1H3. The van der Waals surface area contributed by atoms with Crippen molar-refractivity contribution in [2.24, 2.45) is 0 Å². The molecular weight excluding hydrogens is 248 g/mol. The minimum Gasteiger partial charge on any atom is -0.162 e. The molecule has 0 nitrogen and oxygen atoms in total. The maximum absolute atomic E-state index is 3.85. The average molecular weight is 286 g/mol. The van der Waals surface area contributed by atoms with E-state index in [-0.39, 0.29) is 0 Å². The zero-order chi connectivity index (χ0) is 14.0. The van der Waals surface area contributed by atoms with E-state index >= 15 is 0 Å². The SMILES string of the molecule is [CH2]CSCCCCCCCCCCCCCCCC. The normalized spacial score (nSPS) is 11.1. The average Bonchev–Trinajstić information content (AvgIpc) is 2.43. The first-order chi connectivity index (χ1) is 9.41. The zero-order valence-electron chi connectivity index (χ0n) is 13.4. The van der Waals surface area contributed by atoms with Gasteiger partial charge in [-0.1, -0.05) is 90.4 Å². The molecule has 0 saturated carbocycles. The van der Waals surface area contributed by atoms with Gasteiger partial charge >= 0.3 is 0 Å². The second-order valence-electron chi connectivity index (χ2n) is 5.71. The summed E-state index contributed by atoms with van der Waals surface area (Å²) >= 11 is 1.98.